The molecule has 0 fully saturated rings. The molecule has 1 unspecified atom stereocenters. The zero-order valence-corrected chi connectivity index (χ0v) is 9.49. The fourth-order valence-corrected chi connectivity index (χ4v) is 1.08. The number of Topliss-reactive ketones (excluding diaryl/α,β-unsaturated/α-hetero) is 1. The van der Waals surface area contributed by atoms with Gasteiger partial charge >= 0.3 is 5.97 Å². The van der Waals surface area contributed by atoms with Crippen LogP contribution in [0, 0.1) is 5.92 Å². The first-order valence-electron chi connectivity index (χ1n) is 4.75. The van der Waals surface area contributed by atoms with E-state index in [0.717, 1.165) is 0 Å². The monoisotopic (exact) mass is 215 g/mol. The number of rotatable bonds is 5. The molecule has 0 aliphatic rings. The average molecular weight is 215 g/mol. The van der Waals surface area contributed by atoms with Gasteiger partial charge < -0.3 is 10.1 Å². The highest BCUT2D eigenvalue weighted by atomic mass is 16.5. The number of ketones is 1. The normalized spacial score (nSPS) is 12.1. The second-order valence-corrected chi connectivity index (χ2v) is 3.69. The Hall–Kier alpha value is -1.39. The van der Waals surface area contributed by atoms with Crippen LogP contribution < -0.4 is 5.32 Å². The van der Waals surface area contributed by atoms with Gasteiger partial charge in [-0.05, 0) is 12.8 Å². The van der Waals surface area contributed by atoms with Gasteiger partial charge in [0.25, 0.3) is 0 Å². The van der Waals surface area contributed by atoms with Crippen molar-refractivity contribution in [1.82, 2.24) is 5.32 Å². The lowest BCUT2D eigenvalue weighted by atomic mass is 10.0. The Morgan fingerprint density at radius 3 is 2.13 bits per heavy atom. The molecular weight excluding hydrogens is 198 g/mol. The molecule has 0 aromatic carbocycles. The maximum atomic E-state index is 11.3. The smallest absolute Gasteiger partial charge is 0.328 e. The third kappa shape index (κ3) is 5.15. The van der Waals surface area contributed by atoms with Gasteiger partial charge in [0.15, 0.2) is 0 Å². The number of carbonyl (C=O) groups excluding carboxylic acids is 3. The molecule has 86 valence electrons. The number of ether oxygens (including phenoxy) is 1. The number of nitrogens with one attached hydrogen (secondary N) is 1. The summed E-state index contributed by atoms with van der Waals surface area (Å²) < 4.78 is 4.54. The molecule has 0 aromatic rings. The molecule has 15 heavy (non-hydrogen) atoms. The van der Waals surface area contributed by atoms with Crippen molar-refractivity contribution in [1.29, 1.82) is 0 Å². The molecule has 1 atom stereocenters. The Morgan fingerprint density at radius 2 is 1.80 bits per heavy atom. The van der Waals surface area contributed by atoms with E-state index in [9.17, 15) is 14.4 Å². The van der Waals surface area contributed by atoms with Crippen LogP contribution >= 0.6 is 0 Å². The molecule has 0 saturated carbocycles. The standard InChI is InChI=1S/C10H17NO4/c1-6(2)9(10(14)15-4)11-8(13)5-7(3)12/h6,9H,5H2,1-4H3,(H,11,13). The Morgan fingerprint density at radius 1 is 1.27 bits per heavy atom. The zero-order valence-electron chi connectivity index (χ0n) is 9.49. The molecule has 1 amide bonds. The number of hydrogen-bond acceptors (Lipinski definition) is 4. The summed E-state index contributed by atoms with van der Waals surface area (Å²) in [7, 11) is 1.26. The van der Waals surface area contributed by atoms with Gasteiger partial charge in [0.05, 0.1) is 13.5 Å². The van der Waals surface area contributed by atoms with E-state index in [1.807, 2.05) is 0 Å². The highest BCUT2D eigenvalue weighted by molar-refractivity contribution is 5.98. The maximum Gasteiger partial charge on any atom is 0.328 e. The molecule has 0 aliphatic heterocycles. The summed E-state index contributed by atoms with van der Waals surface area (Å²) in [6.45, 7) is 4.90. The summed E-state index contributed by atoms with van der Waals surface area (Å²) in [6.07, 6.45) is -0.208. The van der Waals surface area contributed by atoms with Crippen LogP contribution in [0.4, 0.5) is 0 Å². The molecular formula is C10H17NO4. The topological polar surface area (TPSA) is 72.5 Å². The predicted molar refractivity (Wildman–Crippen MR) is 54.1 cm³/mol. The number of carbonyl (C=O) groups is 3. The van der Waals surface area contributed by atoms with Gasteiger partial charge in [-0.1, -0.05) is 13.8 Å². The maximum absolute atomic E-state index is 11.3. The van der Waals surface area contributed by atoms with Crippen molar-refractivity contribution in [3.63, 3.8) is 0 Å². The van der Waals surface area contributed by atoms with Gasteiger partial charge in [-0.2, -0.15) is 0 Å². The van der Waals surface area contributed by atoms with Gasteiger partial charge in [0.2, 0.25) is 5.91 Å². The minimum absolute atomic E-state index is 0.0756. The van der Waals surface area contributed by atoms with Crippen molar-refractivity contribution < 1.29 is 19.1 Å². The van der Waals surface area contributed by atoms with E-state index in [4.69, 9.17) is 0 Å². The zero-order chi connectivity index (χ0) is 12.0. The number of esters is 1. The first-order chi connectivity index (χ1) is 6.88. The Balaban J connectivity index is 4.35. The Bertz CT molecular complexity index is 260. The molecule has 5 nitrogen and oxygen atoms in total. The third-order valence-electron chi connectivity index (χ3n) is 1.85. The summed E-state index contributed by atoms with van der Waals surface area (Å²) in [4.78, 5) is 33.2. The van der Waals surface area contributed by atoms with E-state index in [2.05, 4.69) is 10.1 Å². The quantitative estimate of drug-likeness (QED) is 0.528. The molecule has 0 aliphatic carbocycles. The summed E-state index contributed by atoms with van der Waals surface area (Å²) in [5.41, 5.74) is 0. The van der Waals surface area contributed by atoms with Gasteiger partial charge in [0, 0.05) is 0 Å². The second kappa shape index (κ2) is 6.16. The molecule has 0 rings (SSSR count). The third-order valence-corrected chi connectivity index (χ3v) is 1.85. The summed E-state index contributed by atoms with van der Waals surface area (Å²) in [5, 5.41) is 2.46. The predicted octanol–water partition coefficient (Wildman–Crippen LogP) is 0.279. The van der Waals surface area contributed by atoms with Crippen molar-refractivity contribution in [3.05, 3.63) is 0 Å². The molecule has 1 N–H and O–H groups in total. The molecule has 0 bridgehead atoms. The van der Waals surface area contributed by atoms with Crippen LogP contribution in [0.3, 0.4) is 0 Å². The minimum atomic E-state index is -0.693. The van der Waals surface area contributed by atoms with Crippen LogP contribution in [-0.2, 0) is 19.1 Å². The van der Waals surface area contributed by atoms with E-state index in [1.54, 1.807) is 13.8 Å². The van der Waals surface area contributed by atoms with Crippen LogP contribution in [0.15, 0.2) is 0 Å². The number of hydrogen-bond donors (Lipinski definition) is 1. The van der Waals surface area contributed by atoms with Crippen LogP contribution in [0.25, 0.3) is 0 Å². The summed E-state index contributed by atoms with van der Waals surface area (Å²) in [5.74, 6) is -1.26. The Kier molecular flexibility index (Phi) is 5.59. The van der Waals surface area contributed by atoms with E-state index < -0.39 is 17.9 Å². The van der Waals surface area contributed by atoms with Gasteiger partial charge in [-0.3, -0.25) is 9.59 Å². The van der Waals surface area contributed by atoms with Crippen LogP contribution in [0.2, 0.25) is 0 Å². The molecule has 0 heterocycles. The van der Waals surface area contributed by atoms with Crippen molar-refractivity contribution in [3.8, 4) is 0 Å². The van der Waals surface area contributed by atoms with Gasteiger partial charge in [-0.25, -0.2) is 4.79 Å². The van der Waals surface area contributed by atoms with E-state index in [-0.39, 0.29) is 18.1 Å². The largest absolute Gasteiger partial charge is 0.467 e. The first-order valence-corrected chi connectivity index (χ1v) is 4.75. The molecule has 0 spiro atoms. The van der Waals surface area contributed by atoms with Gasteiger partial charge in [0.1, 0.15) is 11.8 Å². The highest BCUT2D eigenvalue weighted by Crippen LogP contribution is 2.03. The lowest BCUT2D eigenvalue weighted by Crippen LogP contribution is -2.45. The SMILES string of the molecule is COC(=O)C(NC(=O)CC(C)=O)C(C)C. The molecule has 0 aromatic heterocycles. The minimum Gasteiger partial charge on any atom is -0.467 e. The number of methoxy groups -OCH3 is 1. The van der Waals surface area contributed by atoms with E-state index in [1.165, 1.54) is 14.0 Å². The molecule has 0 saturated heterocycles. The van der Waals surface area contributed by atoms with Gasteiger partial charge in [-0.15, -0.1) is 0 Å². The van der Waals surface area contributed by atoms with E-state index in [0.29, 0.717) is 0 Å². The Labute approximate surface area is 89.2 Å². The summed E-state index contributed by atoms with van der Waals surface area (Å²) in [6, 6.07) is -0.693. The highest BCUT2D eigenvalue weighted by Gasteiger charge is 2.24. The van der Waals surface area contributed by atoms with Crippen molar-refractivity contribution in [2.45, 2.75) is 33.2 Å². The molecule has 0 radical (unpaired) electrons. The van der Waals surface area contributed by atoms with Crippen molar-refractivity contribution in [2.24, 2.45) is 5.92 Å². The lowest BCUT2D eigenvalue weighted by Gasteiger charge is -2.19. The van der Waals surface area contributed by atoms with E-state index >= 15 is 0 Å². The van der Waals surface area contributed by atoms with Crippen LogP contribution in [0.1, 0.15) is 27.2 Å². The average Bonchev–Trinajstić information content (AvgIpc) is 2.11. The summed E-state index contributed by atoms with van der Waals surface area (Å²) >= 11 is 0. The van der Waals surface area contributed by atoms with Crippen LogP contribution in [-0.4, -0.2) is 30.8 Å². The fraction of sp³-hybridized carbons (Fsp3) is 0.700. The lowest BCUT2D eigenvalue weighted by molar-refractivity contribution is -0.146. The molecule has 5 heteroatoms. The number of amides is 1. The fourth-order valence-electron chi connectivity index (χ4n) is 1.08. The second-order valence-electron chi connectivity index (χ2n) is 3.69. The van der Waals surface area contributed by atoms with Crippen LogP contribution in [0.5, 0.6) is 0 Å². The van der Waals surface area contributed by atoms with Crippen molar-refractivity contribution in [2.75, 3.05) is 7.11 Å². The first kappa shape index (κ1) is 13.6. The van der Waals surface area contributed by atoms with Crippen molar-refractivity contribution >= 4 is 17.7 Å².